The molecule has 0 N–H and O–H groups in total. The van der Waals surface area contributed by atoms with Crippen LogP contribution in [0.25, 0.3) is 0 Å². The lowest BCUT2D eigenvalue weighted by atomic mass is 9.66. The Morgan fingerprint density at radius 3 is 2.33 bits per heavy atom. The number of hydrogen-bond acceptors (Lipinski definition) is 2. The summed E-state index contributed by atoms with van der Waals surface area (Å²) in [6.07, 6.45) is 0.392. The smallest absolute Gasteiger partial charge is 0.256 e. The monoisotopic (exact) mass is 355 g/mol. The van der Waals surface area contributed by atoms with Crippen LogP contribution in [0.4, 0.5) is 0 Å². The fraction of sp³-hybridized carbons (Fsp3) is 0.208. The van der Waals surface area contributed by atoms with Gasteiger partial charge in [0.2, 0.25) is 0 Å². The molecule has 0 aliphatic carbocycles. The number of carbonyl (C=O) groups excluding carboxylic acids is 1. The highest BCUT2D eigenvalue weighted by atomic mass is 16.5. The van der Waals surface area contributed by atoms with E-state index in [0.29, 0.717) is 6.61 Å². The van der Waals surface area contributed by atoms with Gasteiger partial charge in [-0.2, -0.15) is 0 Å². The van der Waals surface area contributed by atoms with E-state index in [4.69, 9.17) is 4.74 Å². The molecule has 1 fully saturated rings. The third kappa shape index (κ3) is 2.35. The maximum absolute atomic E-state index is 13.0. The lowest BCUT2D eigenvalue weighted by molar-refractivity contribution is -0.194. The van der Waals surface area contributed by atoms with E-state index in [1.54, 1.807) is 0 Å². The van der Waals surface area contributed by atoms with Crippen molar-refractivity contribution < 1.29 is 9.53 Å². The summed E-state index contributed by atoms with van der Waals surface area (Å²) in [4.78, 5) is 15.0. The second-order valence-electron chi connectivity index (χ2n) is 7.21. The van der Waals surface area contributed by atoms with Gasteiger partial charge in [0.05, 0.1) is 6.61 Å². The summed E-state index contributed by atoms with van der Waals surface area (Å²) in [5.74, 6) is 0.0873. The third-order valence-electron chi connectivity index (χ3n) is 5.80. The number of hydrogen-bond donors (Lipinski definition) is 0. The lowest BCUT2D eigenvalue weighted by Crippen LogP contribution is -2.75. The molecule has 2 aliphatic rings. The number of amides is 1. The molecule has 0 bridgehead atoms. The predicted octanol–water partition coefficient (Wildman–Crippen LogP) is 3.91. The van der Waals surface area contributed by atoms with Crippen molar-refractivity contribution in [3.8, 4) is 0 Å². The van der Waals surface area contributed by atoms with Gasteiger partial charge in [-0.1, -0.05) is 84.9 Å². The van der Waals surface area contributed by atoms with Crippen LogP contribution in [-0.2, 0) is 28.1 Å². The topological polar surface area (TPSA) is 29.5 Å². The second-order valence-corrected chi connectivity index (χ2v) is 7.21. The van der Waals surface area contributed by atoms with E-state index in [1.807, 2.05) is 53.4 Å². The number of ether oxygens (including phenoxy) is 1. The van der Waals surface area contributed by atoms with Crippen LogP contribution >= 0.6 is 0 Å². The van der Waals surface area contributed by atoms with Crippen LogP contribution in [0.2, 0.25) is 0 Å². The van der Waals surface area contributed by atoms with Gasteiger partial charge in [-0.3, -0.25) is 4.79 Å². The van der Waals surface area contributed by atoms with E-state index in [1.165, 1.54) is 11.1 Å². The Labute approximate surface area is 159 Å². The van der Waals surface area contributed by atoms with Gasteiger partial charge in [0.15, 0.2) is 6.10 Å². The fourth-order valence-electron chi connectivity index (χ4n) is 4.59. The number of nitrogens with zero attached hydrogens (tertiary/aromatic N) is 1. The van der Waals surface area contributed by atoms with E-state index >= 15 is 0 Å². The Morgan fingerprint density at radius 2 is 1.56 bits per heavy atom. The van der Waals surface area contributed by atoms with Gasteiger partial charge in [0, 0.05) is 6.54 Å². The van der Waals surface area contributed by atoms with Crippen LogP contribution in [0.15, 0.2) is 84.9 Å². The molecule has 3 heteroatoms. The number of fused-ring (bicyclic) bond motifs is 3. The molecule has 0 radical (unpaired) electrons. The first kappa shape index (κ1) is 16.3. The predicted molar refractivity (Wildman–Crippen MR) is 104 cm³/mol. The zero-order chi connectivity index (χ0) is 18.3. The zero-order valence-corrected chi connectivity index (χ0v) is 15.0. The minimum absolute atomic E-state index is 0.0873. The van der Waals surface area contributed by atoms with Crippen molar-refractivity contribution in [1.29, 1.82) is 0 Å². The van der Waals surface area contributed by atoms with Crippen molar-refractivity contribution in [2.45, 2.75) is 24.7 Å². The molecular formula is C24H21NO2. The number of rotatable bonds is 4. The van der Waals surface area contributed by atoms with Crippen molar-refractivity contribution in [3.05, 3.63) is 107 Å². The Balaban J connectivity index is 1.60. The molecule has 2 atom stereocenters. The van der Waals surface area contributed by atoms with E-state index < -0.39 is 11.6 Å². The fourth-order valence-corrected chi connectivity index (χ4v) is 4.59. The molecule has 5 rings (SSSR count). The van der Waals surface area contributed by atoms with E-state index in [-0.39, 0.29) is 5.91 Å². The third-order valence-corrected chi connectivity index (χ3v) is 5.80. The summed E-state index contributed by atoms with van der Waals surface area (Å²) < 4.78 is 6.27. The molecule has 1 amide bonds. The second kappa shape index (κ2) is 6.36. The van der Waals surface area contributed by atoms with Crippen molar-refractivity contribution in [3.63, 3.8) is 0 Å². The summed E-state index contributed by atoms with van der Waals surface area (Å²) >= 11 is 0. The van der Waals surface area contributed by atoms with Gasteiger partial charge in [-0.25, -0.2) is 0 Å². The Hall–Kier alpha value is -2.91. The molecule has 2 unspecified atom stereocenters. The first-order valence-corrected chi connectivity index (χ1v) is 9.43. The average molecular weight is 355 g/mol. The molecule has 2 aliphatic heterocycles. The SMILES string of the molecule is O=C1C(OCc2ccccc2)C2(c3ccccc3)c3ccccc3CCN12. The highest BCUT2D eigenvalue weighted by molar-refractivity contribution is 5.93. The van der Waals surface area contributed by atoms with Gasteiger partial charge in [0.25, 0.3) is 5.91 Å². The number of carbonyl (C=O) groups is 1. The van der Waals surface area contributed by atoms with Crippen LogP contribution in [-0.4, -0.2) is 23.5 Å². The first-order chi connectivity index (χ1) is 13.3. The van der Waals surface area contributed by atoms with Gasteiger partial charge in [-0.05, 0) is 28.7 Å². The maximum Gasteiger partial charge on any atom is 0.256 e. The standard InChI is InChI=1S/C24H21NO2/c26-23-22(27-17-18-9-3-1-4-10-18)24(20-12-5-2-6-13-20)21-14-8-7-11-19(21)15-16-25(23)24/h1-14,22H,15-17H2. The Morgan fingerprint density at radius 1 is 0.889 bits per heavy atom. The largest absolute Gasteiger partial charge is 0.360 e. The summed E-state index contributed by atoms with van der Waals surface area (Å²) in [5.41, 5.74) is 4.17. The average Bonchev–Trinajstić information content (AvgIpc) is 2.74. The molecule has 2 heterocycles. The zero-order valence-electron chi connectivity index (χ0n) is 15.0. The van der Waals surface area contributed by atoms with Crippen molar-refractivity contribution in [2.75, 3.05) is 6.54 Å². The first-order valence-electron chi connectivity index (χ1n) is 9.43. The minimum Gasteiger partial charge on any atom is -0.360 e. The molecule has 0 saturated carbocycles. The number of β-lactam (4-membered cyclic amide) rings is 1. The van der Waals surface area contributed by atoms with Crippen LogP contribution in [0, 0.1) is 0 Å². The number of benzene rings is 3. The van der Waals surface area contributed by atoms with Crippen LogP contribution in [0.3, 0.4) is 0 Å². The molecule has 27 heavy (non-hydrogen) atoms. The van der Waals surface area contributed by atoms with Crippen molar-refractivity contribution >= 4 is 5.91 Å². The van der Waals surface area contributed by atoms with Gasteiger partial charge in [-0.15, -0.1) is 0 Å². The van der Waals surface area contributed by atoms with Crippen molar-refractivity contribution in [1.82, 2.24) is 4.90 Å². The molecule has 3 nitrogen and oxygen atoms in total. The summed E-state index contributed by atoms with van der Waals surface area (Å²) in [5, 5.41) is 0. The molecule has 0 aromatic heterocycles. The molecule has 0 spiro atoms. The molecule has 1 saturated heterocycles. The van der Waals surface area contributed by atoms with E-state index in [9.17, 15) is 4.79 Å². The minimum atomic E-state index is -0.526. The van der Waals surface area contributed by atoms with Gasteiger partial charge >= 0.3 is 0 Å². The van der Waals surface area contributed by atoms with Crippen LogP contribution in [0.5, 0.6) is 0 Å². The Bertz CT molecular complexity index is 970. The lowest BCUT2D eigenvalue weighted by Gasteiger charge is -2.60. The highest BCUT2D eigenvalue weighted by Gasteiger charge is 2.64. The molecule has 134 valence electrons. The quantitative estimate of drug-likeness (QED) is 0.664. The van der Waals surface area contributed by atoms with E-state index in [0.717, 1.165) is 24.1 Å². The van der Waals surface area contributed by atoms with Crippen molar-refractivity contribution in [2.24, 2.45) is 0 Å². The van der Waals surface area contributed by atoms with E-state index in [2.05, 4.69) is 36.4 Å². The highest BCUT2D eigenvalue weighted by Crippen LogP contribution is 2.52. The van der Waals surface area contributed by atoms with Crippen LogP contribution < -0.4 is 0 Å². The molecular weight excluding hydrogens is 334 g/mol. The van der Waals surface area contributed by atoms with Crippen LogP contribution in [0.1, 0.15) is 22.3 Å². The maximum atomic E-state index is 13.0. The summed E-state index contributed by atoms with van der Waals surface area (Å²) in [7, 11) is 0. The molecule has 3 aromatic carbocycles. The normalized spacial score (nSPS) is 23.3. The summed E-state index contributed by atoms with van der Waals surface area (Å²) in [6, 6.07) is 28.8. The Kier molecular flexibility index (Phi) is 3.83. The molecule has 3 aromatic rings. The van der Waals surface area contributed by atoms with Gasteiger partial charge < -0.3 is 9.64 Å². The van der Waals surface area contributed by atoms with Gasteiger partial charge in [0.1, 0.15) is 5.54 Å². The summed E-state index contributed by atoms with van der Waals surface area (Å²) in [6.45, 7) is 1.16.